The summed E-state index contributed by atoms with van der Waals surface area (Å²) in [6, 6.07) is -0.105. The number of nitrogens with two attached hydrogens (primary N) is 1. The third kappa shape index (κ3) is 3.67. The van der Waals surface area contributed by atoms with Crippen LogP contribution in [0.3, 0.4) is 0 Å². The van der Waals surface area contributed by atoms with Crippen molar-refractivity contribution >= 4 is 0 Å². The Morgan fingerprint density at radius 2 is 2.00 bits per heavy atom. The van der Waals surface area contributed by atoms with Crippen LogP contribution in [0.2, 0.25) is 0 Å². The highest BCUT2D eigenvalue weighted by molar-refractivity contribution is 5.41. The smallest absolute Gasteiger partial charge is 0.128 e. The van der Waals surface area contributed by atoms with Crippen molar-refractivity contribution in [3.8, 4) is 5.75 Å². The molecule has 0 spiro atoms. The molecule has 1 aromatic heterocycles. The second-order valence-electron chi connectivity index (χ2n) is 5.39. The molecule has 0 radical (unpaired) electrons. The van der Waals surface area contributed by atoms with Gasteiger partial charge in [0.15, 0.2) is 0 Å². The number of aromatic nitrogens is 1. The van der Waals surface area contributed by atoms with Gasteiger partial charge in [-0.25, -0.2) is 0 Å². The van der Waals surface area contributed by atoms with E-state index in [1.807, 2.05) is 40.8 Å². The van der Waals surface area contributed by atoms with Crippen LogP contribution in [-0.4, -0.2) is 30.3 Å². The van der Waals surface area contributed by atoms with Crippen LogP contribution in [0.15, 0.2) is 6.20 Å². The molecule has 0 fully saturated rings. The summed E-state index contributed by atoms with van der Waals surface area (Å²) in [5.74, 6) is 0.895. The van der Waals surface area contributed by atoms with Crippen LogP contribution in [0, 0.1) is 13.8 Å². The average molecular weight is 266 g/mol. The van der Waals surface area contributed by atoms with Crippen molar-refractivity contribution in [2.24, 2.45) is 5.73 Å². The van der Waals surface area contributed by atoms with Gasteiger partial charge in [-0.3, -0.25) is 4.98 Å². The largest absolute Gasteiger partial charge is 0.496 e. The molecule has 1 heterocycles. The minimum absolute atomic E-state index is 0.105. The van der Waals surface area contributed by atoms with E-state index in [-0.39, 0.29) is 11.6 Å². The zero-order valence-corrected chi connectivity index (χ0v) is 12.9. The lowest BCUT2D eigenvalue weighted by atomic mass is 9.93. The predicted octanol–water partition coefficient (Wildman–Crippen LogP) is 2.39. The first kappa shape index (κ1) is 15.9. The first-order valence-corrected chi connectivity index (χ1v) is 6.72. The van der Waals surface area contributed by atoms with Crippen LogP contribution < -0.4 is 10.5 Å². The van der Waals surface area contributed by atoms with Gasteiger partial charge < -0.3 is 15.2 Å². The molecule has 1 rings (SSSR count). The third-order valence-corrected chi connectivity index (χ3v) is 3.57. The van der Waals surface area contributed by atoms with Gasteiger partial charge in [-0.05, 0) is 34.6 Å². The maximum Gasteiger partial charge on any atom is 0.128 e. The Labute approximate surface area is 116 Å². The molecule has 0 saturated heterocycles. The van der Waals surface area contributed by atoms with E-state index in [1.165, 1.54) is 0 Å². The van der Waals surface area contributed by atoms with Gasteiger partial charge in [0.1, 0.15) is 5.75 Å². The lowest BCUT2D eigenvalue weighted by Crippen LogP contribution is -2.47. The molecule has 0 aliphatic rings. The van der Waals surface area contributed by atoms with Crippen molar-refractivity contribution in [2.75, 3.05) is 13.7 Å². The fourth-order valence-corrected chi connectivity index (χ4v) is 2.21. The Kier molecular flexibility index (Phi) is 5.32. The number of ether oxygens (including phenoxy) is 2. The van der Waals surface area contributed by atoms with Crippen molar-refractivity contribution in [2.45, 2.75) is 52.7 Å². The quantitative estimate of drug-likeness (QED) is 0.859. The number of aryl methyl sites for hydroxylation is 1. The minimum atomic E-state index is -0.360. The highest BCUT2D eigenvalue weighted by Crippen LogP contribution is 2.26. The first-order valence-electron chi connectivity index (χ1n) is 6.72. The molecule has 0 bridgehead atoms. The summed E-state index contributed by atoms with van der Waals surface area (Å²) in [5, 5.41) is 0. The van der Waals surface area contributed by atoms with E-state index in [4.69, 9.17) is 15.2 Å². The molecule has 4 heteroatoms. The Balaban J connectivity index is 2.94. The van der Waals surface area contributed by atoms with E-state index in [1.54, 1.807) is 7.11 Å². The van der Waals surface area contributed by atoms with E-state index in [9.17, 15) is 0 Å². The fourth-order valence-electron chi connectivity index (χ4n) is 2.21. The van der Waals surface area contributed by atoms with Crippen LogP contribution in [0.1, 0.15) is 37.6 Å². The van der Waals surface area contributed by atoms with Gasteiger partial charge in [-0.2, -0.15) is 0 Å². The molecule has 4 nitrogen and oxygen atoms in total. The van der Waals surface area contributed by atoms with E-state index in [0.717, 1.165) is 22.6 Å². The number of nitrogens with zero attached hydrogens (tertiary/aromatic N) is 1. The highest BCUT2D eigenvalue weighted by Gasteiger charge is 2.28. The second-order valence-corrected chi connectivity index (χ2v) is 5.39. The van der Waals surface area contributed by atoms with Crippen LogP contribution in [0.25, 0.3) is 0 Å². The number of rotatable bonds is 6. The van der Waals surface area contributed by atoms with Crippen molar-refractivity contribution < 1.29 is 9.47 Å². The molecule has 0 aromatic carbocycles. The molecule has 1 aromatic rings. The van der Waals surface area contributed by atoms with Crippen LogP contribution in [0.5, 0.6) is 5.75 Å². The average Bonchev–Trinajstić information content (AvgIpc) is 2.33. The molecule has 0 saturated carbocycles. The molecule has 2 N–H and O–H groups in total. The van der Waals surface area contributed by atoms with Crippen molar-refractivity contribution in [3.05, 3.63) is 23.0 Å². The number of hydrogen-bond acceptors (Lipinski definition) is 4. The monoisotopic (exact) mass is 266 g/mol. The van der Waals surface area contributed by atoms with Gasteiger partial charge in [-0.15, -0.1) is 0 Å². The maximum absolute atomic E-state index is 6.26. The van der Waals surface area contributed by atoms with Gasteiger partial charge in [0.2, 0.25) is 0 Å². The van der Waals surface area contributed by atoms with Gasteiger partial charge >= 0.3 is 0 Å². The molecule has 0 amide bonds. The molecule has 19 heavy (non-hydrogen) atoms. The van der Waals surface area contributed by atoms with Crippen LogP contribution in [0.4, 0.5) is 0 Å². The molecular weight excluding hydrogens is 240 g/mol. The van der Waals surface area contributed by atoms with Gasteiger partial charge in [0.05, 0.1) is 12.7 Å². The summed E-state index contributed by atoms with van der Waals surface area (Å²) in [7, 11) is 1.68. The summed E-state index contributed by atoms with van der Waals surface area (Å²) in [6.07, 6.45) is 2.51. The normalized spacial score (nSPS) is 13.4. The zero-order valence-electron chi connectivity index (χ0n) is 12.9. The van der Waals surface area contributed by atoms with Crippen molar-refractivity contribution in [1.29, 1.82) is 0 Å². The summed E-state index contributed by atoms with van der Waals surface area (Å²) in [6.45, 7) is 10.7. The van der Waals surface area contributed by atoms with Crippen molar-refractivity contribution in [3.63, 3.8) is 0 Å². The van der Waals surface area contributed by atoms with Gasteiger partial charge in [-0.1, -0.05) is 0 Å². The topological polar surface area (TPSA) is 57.4 Å². The Morgan fingerprint density at radius 3 is 2.53 bits per heavy atom. The lowest BCUT2D eigenvalue weighted by Gasteiger charge is -2.31. The Bertz CT molecular complexity index is 430. The summed E-state index contributed by atoms with van der Waals surface area (Å²) >= 11 is 0. The fraction of sp³-hybridized carbons (Fsp3) is 0.667. The lowest BCUT2D eigenvalue weighted by molar-refractivity contribution is -0.0290. The first-order chi connectivity index (χ1) is 8.83. The number of methoxy groups -OCH3 is 1. The minimum Gasteiger partial charge on any atom is -0.496 e. The van der Waals surface area contributed by atoms with Crippen LogP contribution in [-0.2, 0) is 11.2 Å². The zero-order chi connectivity index (χ0) is 14.6. The van der Waals surface area contributed by atoms with Gasteiger partial charge in [0, 0.05) is 42.1 Å². The summed E-state index contributed by atoms with van der Waals surface area (Å²) in [5.41, 5.74) is 8.98. The van der Waals surface area contributed by atoms with E-state index >= 15 is 0 Å². The Morgan fingerprint density at radius 1 is 1.37 bits per heavy atom. The molecule has 1 unspecified atom stereocenters. The second kappa shape index (κ2) is 6.35. The molecule has 0 aliphatic heterocycles. The maximum atomic E-state index is 6.26. The predicted molar refractivity (Wildman–Crippen MR) is 77.6 cm³/mol. The molecule has 1 atom stereocenters. The SMILES string of the molecule is CCOC(C)(C)C(N)Cc1ncc(C)c(OC)c1C. The highest BCUT2D eigenvalue weighted by atomic mass is 16.5. The van der Waals surface area contributed by atoms with E-state index in [0.29, 0.717) is 13.0 Å². The third-order valence-electron chi connectivity index (χ3n) is 3.57. The Hall–Kier alpha value is -1.13. The van der Waals surface area contributed by atoms with Gasteiger partial charge in [0.25, 0.3) is 0 Å². The summed E-state index contributed by atoms with van der Waals surface area (Å²) < 4.78 is 11.1. The summed E-state index contributed by atoms with van der Waals surface area (Å²) in [4.78, 5) is 4.48. The molecule has 108 valence electrons. The standard InChI is InChI=1S/C15H26N2O2/c1-7-19-15(4,5)13(16)8-12-11(3)14(18-6)10(2)9-17-12/h9,13H,7-8,16H2,1-6H3. The number of hydrogen-bond donors (Lipinski definition) is 1. The van der Waals surface area contributed by atoms with Crippen LogP contribution >= 0.6 is 0 Å². The van der Waals surface area contributed by atoms with E-state index in [2.05, 4.69) is 4.98 Å². The molecular formula is C15H26N2O2. The molecule has 0 aliphatic carbocycles. The van der Waals surface area contributed by atoms with Crippen molar-refractivity contribution in [1.82, 2.24) is 4.98 Å². The van der Waals surface area contributed by atoms with E-state index < -0.39 is 0 Å². The number of pyridine rings is 1.